The molecule has 0 unspecified atom stereocenters. The van der Waals surface area contributed by atoms with Crippen molar-refractivity contribution in [3.63, 3.8) is 0 Å². The molecule has 0 spiro atoms. The molecule has 1 aliphatic rings. The van der Waals surface area contributed by atoms with Crippen LogP contribution >= 0.6 is 27.3 Å². The number of aromatic amines is 1. The van der Waals surface area contributed by atoms with Crippen LogP contribution in [0, 0.1) is 26.2 Å². The summed E-state index contributed by atoms with van der Waals surface area (Å²) in [4.78, 5) is 26.3. The first-order valence-electron chi connectivity index (χ1n) is 14.2. The maximum atomic E-state index is 12.0. The third-order valence-corrected chi connectivity index (χ3v) is 9.45. The second-order valence-electron chi connectivity index (χ2n) is 11.2. The third-order valence-electron chi connectivity index (χ3n) is 7.96. The molecular weight excluding hydrogens is 602 g/mol. The minimum Gasteiger partial charge on any atom is -0.493 e. The zero-order chi connectivity index (χ0) is 29.7. The number of hydrogen-bond donors (Lipinski definition) is 1. The van der Waals surface area contributed by atoms with Crippen molar-refractivity contribution in [3.05, 3.63) is 75.6 Å². The second kappa shape index (κ2) is 13.4. The van der Waals surface area contributed by atoms with Gasteiger partial charge >= 0.3 is 5.97 Å². The summed E-state index contributed by atoms with van der Waals surface area (Å²) in [7, 11) is 0. The molecule has 1 atom stereocenters. The molecule has 1 N–H and O–H groups in total. The number of ether oxygens (including phenoxy) is 3. The molecule has 2 aromatic carbocycles. The van der Waals surface area contributed by atoms with Crippen molar-refractivity contribution in [2.75, 3.05) is 19.8 Å². The van der Waals surface area contributed by atoms with Gasteiger partial charge in [-0.25, -0.2) is 0 Å². The number of unbranched alkanes of at least 4 members (excludes halogenated alkanes) is 1. The quantitative estimate of drug-likeness (QED) is 0.204. The Morgan fingerprint density at radius 1 is 1.15 bits per heavy atom. The first-order valence-corrected chi connectivity index (χ1v) is 15.8. The first kappa shape index (κ1) is 31.1. The predicted octanol–water partition coefficient (Wildman–Crippen LogP) is 6.05. The van der Waals surface area contributed by atoms with Crippen LogP contribution in [0.1, 0.15) is 72.9 Å². The standard InChI is InChI=1S/C33H40BrNO5S/c1-7-38-30(36)10-8-9-15-39-31-21(3)20(2)26-18-33(6,14-13-25(26)22(31)4)19-40-28-12-11-24(16-27(28)34)17-29-32(37)35-23(5)41-29/h11-12,16-17H,5,7-10,13-15,18-19H2,1-4,6H3,(H,35,37)/b29-17+/t33-/m0/s1. The van der Waals surface area contributed by atoms with E-state index in [1.54, 1.807) is 0 Å². The lowest BCUT2D eigenvalue weighted by atomic mass is 9.70. The molecule has 0 aliphatic heterocycles. The molecule has 0 amide bonds. The van der Waals surface area contributed by atoms with Crippen molar-refractivity contribution in [3.8, 4) is 11.5 Å². The zero-order valence-electron chi connectivity index (χ0n) is 24.7. The number of nitrogens with one attached hydrogen (secondary N) is 1. The fourth-order valence-corrected chi connectivity index (χ4v) is 6.78. The van der Waals surface area contributed by atoms with Crippen LogP contribution in [0.3, 0.4) is 0 Å². The minimum atomic E-state index is -0.139. The lowest BCUT2D eigenvalue weighted by molar-refractivity contribution is -0.143. The fraction of sp³-hybridized carbons (Fsp3) is 0.455. The van der Waals surface area contributed by atoms with Crippen molar-refractivity contribution < 1.29 is 19.0 Å². The van der Waals surface area contributed by atoms with Crippen LogP contribution in [0.5, 0.6) is 11.5 Å². The highest BCUT2D eigenvalue weighted by Gasteiger charge is 2.34. The van der Waals surface area contributed by atoms with Gasteiger partial charge in [0.2, 0.25) is 0 Å². The Morgan fingerprint density at radius 3 is 2.61 bits per heavy atom. The SMILES string of the molecule is C=c1[nH]c(=O)/c(=C\c2ccc(OC[C@@]3(C)CCc4c(C)c(OCCCCC(=O)OCC)c(C)c(C)c4C3)c(Br)c2)s1. The number of fused-ring (bicyclic) bond motifs is 1. The van der Waals surface area contributed by atoms with Gasteiger partial charge in [0.05, 0.1) is 33.5 Å². The smallest absolute Gasteiger partial charge is 0.305 e. The summed E-state index contributed by atoms with van der Waals surface area (Å²) >= 11 is 5.01. The third kappa shape index (κ3) is 7.52. The summed E-state index contributed by atoms with van der Waals surface area (Å²) in [6.45, 7) is 16.1. The number of carbonyl (C=O) groups excluding carboxylic acids is 1. The van der Waals surface area contributed by atoms with Crippen LogP contribution in [0.25, 0.3) is 12.7 Å². The highest BCUT2D eigenvalue weighted by Crippen LogP contribution is 2.43. The van der Waals surface area contributed by atoms with E-state index in [2.05, 4.69) is 55.2 Å². The van der Waals surface area contributed by atoms with E-state index in [4.69, 9.17) is 14.2 Å². The van der Waals surface area contributed by atoms with Gasteiger partial charge in [0.25, 0.3) is 5.56 Å². The lowest BCUT2D eigenvalue weighted by Crippen LogP contribution is -2.33. The van der Waals surface area contributed by atoms with Gasteiger partial charge in [0.15, 0.2) is 0 Å². The maximum Gasteiger partial charge on any atom is 0.305 e. The van der Waals surface area contributed by atoms with Crippen molar-refractivity contribution >= 4 is 45.9 Å². The average Bonchev–Trinajstić information content (AvgIpc) is 3.24. The number of rotatable bonds is 11. The van der Waals surface area contributed by atoms with Crippen LogP contribution in [0.4, 0.5) is 0 Å². The minimum absolute atomic E-state index is 0.00510. The van der Waals surface area contributed by atoms with Crippen molar-refractivity contribution in [2.24, 2.45) is 5.41 Å². The van der Waals surface area contributed by atoms with E-state index in [0.29, 0.717) is 35.4 Å². The van der Waals surface area contributed by atoms with E-state index in [1.807, 2.05) is 31.2 Å². The second-order valence-corrected chi connectivity index (χ2v) is 13.2. The lowest BCUT2D eigenvalue weighted by Gasteiger charge is -2.37. The van der Waals surface area contributed by atoms with Gasteiger partial charge in [0, 0.05) is 11.8 Å². The molecule has 0 fully saturated rings. The highest BCUT2D eigenvalue weighted by molar-refractivity contribution is 9.10. The predicted molar refractivity (Wildman–Crippen MR) is 170 cm³/mol. The van der Waals surface area contributed by atoms with Crippen molar-refractivity contribution in [1.29, 1.82) is 0 Å². The van der Waals surface area contributed by atoms with Gasteiger partial charge in [-0.1, -0.05) is 19.6 Å². The number of hydrogen-bond acceptors (Lipinski definition) is 6. The summed E-state index contributed by atoms with van der Waals surface area (Å²) in [5.41, 5.74) is 7.37. The van der Waals surface area contributed by atoms with E-state index in [9.17, 15) is 9.59 Å². The summed E-state index contributed by atoms with van der Waals surface area (Å²) in [6.07, 6.45) is 6.85. The van der Waals surface area contributed by atoms with Gasteiger partial charge in [0.1, 0.15) is 11.5 Å². The molecule has 3 aromatic rings. The fourth-order valence-electron chi connectivity index (χ4n) is 5.52. The molecule has 4 rings (SSSR count). The zero-order valence-corrected chi connectivity index (χ0v) is 27.1. The average molecular weight is 643 g/mol. The maximum absolute atomic E-state index is 12.0. The van der Waals surface area contributed by atoms with Crippen LogP contribution in [-0.2, 0) is 22.4 Å². The number of aromatic nitrogens is 1. The van der Waals surface area contributed by atoms with Gasteiger partial charge in [-0.3, -0.25) is 9.59 Å². The van der Waals surface area contributed by atoms with Crippen LogP contribution < -0.4 is 24.2 Å². The van der Waals surface area contributed by atoms with Crippen molar-refractivity contribution in [2.45, 2.75) is 73.1 Å². The summed E-state index contributed by atoms with van der Waals surface area (Å²) < 4.78 is 19.8. The van der Waals surface area contributed by atoms with E-state index < -0.39 is 0 Å². The molecule has 0 bridgehead atoms. The molecule has 8 heteroatoms. The largest absolute Gasteiger partial charge is 0.493 e. The molecule has 1 aromatic heterocycles. The Labute approximate surface area is 254 Å². The van der Waals surface area contributed by atoms with Gasteiger partial charge in [-0.15, -0.1) is 11.3 Å². The molecule has 1 heterocycles. The number of thiazole rings is 1. The Morgan fingerprint density at radius 2 is 1.93 bits per heavy atom. The summed E-state index contributed by atoms with van der Waals surface area (Å²) in [5, 5.41) is 0. The molecular formula is C33H40BrNO5S. The van der Waals surface area contributed by atoms with Gasteiger partial charge in [-0.05, 0) is 127 Å². The number of H-pyrrole nitrogens is 1. The summed E-state index contributed by atoms with van der Waals surface area (Å²) in [5.74, 6) is 1.65. The van der Waals surface area contributed by atoms with E-state index in [-0.39, 0.29) is 16.9 Å². The number of carbonyl (C=O) groups is 1. The van der Waals surface area contributed by atoms with Gasteiger partial charge < -0.3 is 19.2 Å². The molecule has 1 aliphatic carbocycles. The van der Waals surface area contributed by atoms with Crippen LogP contribution in [-0.4, -0.2) is 30.8 Å². The Hall–Kier alpha value is -2.84. The summed E-state index contributed by atoms with van der Waals surface area (Å²) in [6, 6.07) is 5.90. The van der Waals surface area contributed by atoms with Crippen LogP contribution in [0.2, 0.25) is 0 Å². The van der Waals surface area contributed by atoms with Crippen molar-refractivity contribution in [1.82, 2.24) is 4.98 Å². The first-order chi connectivity index (χ1) is 19.5. The molecule has 0 saturated carbocycles. The highest BCUT2D eigenvalue weighted by atomic mass is 79.9. The number of halogens is 1. The van der Waals surface area contributed by atoms with E-state index in [1.165, 1.54) is 39.2 Å². The Balaban J connectivity index is 1.41. The molecule has 6 nitrogen and oxygen atoms in total. The van der Waals surface area contributed by atoms with E-state index in [0.717, 1.165) is 53.6 Å². The molecule has 41 heavy (non-hydrogen) atoms. The number of esters is 1. The Bertz CT molecular complexity index is 1590. The molecule has 0 radical (unpaired) electrons. The molecule has 220 valence electrons. The monoisotopic (exact) mass is 641 g/mol. The molecule has 0 saturated heterocycles. The van der Waals surface area contributed by atoms with E-state index >= 15 is 0 Å². The Kier molecular flexibility index (Phi) is 10.2. The normalized spacial score (nSPS) is 16.9. The van der Waals surface area contributed by atoms with Crippen LogP contribution in [0.15, 0.2) is 27.5 Å². The number of benzene rings is 2. The topological polar surface area (TPSA) is 77.6 Å². The van der Waals surface area contributed by atoms with Gasteiger partial charge in [-0.2, -0.15) is 0 Å².